The summed E-state index contributed by atoms with van der Waals surface area (Å²) in [6.07, 6.45) is -30.6. The quantitative estimate of drug-likeness (QED) is 0.0398. The number of aliphatic hydroxyl groups excluding tert-OH is 9. The number of carboxylic acid groups (broad SMARTS) is 3. The first-order valence-electron chi connectivity index (χ1n) is 18.6. The van der Waals surface area contributed by atoms with Gasteiger partial charge >= 0.3 is 17.9 Å². The largest absolute Gasteiger partial charge is 0.477 e. The molecular formula is C33H53N3O26. The van der Waals surface area contributed by atoms with E-state index in [4.69, 9.17) is 23.7 Å². The van der Waals surface area contributed by atoms with Crippen molar-refractivity contribution in [2.45, 2.75) is 149 Å². The first-order valence-corrected chi connectivity index (χ1v) is 18.6. The van der Waals surface area contributed by atoms with E-state index < -0.39 is 183 Å². The van der Waals surface area contributed by atoms with Gasteiger partial charge in [-0.1, -0.05) is 0 Å². The highest BCUT2D eigenvalue weighted by Gasteiger charge is 2.62. The Hall–Kier alpha value is -3.86. The van der Waals surface area contributed by atoms with Crippen LogP contribution in [0.15, 0.2) is 0 Å². The number of aliphatic hydroxyl groups is 10. The lowest BCUT2D eigenvalue weighted by Crippen LogP contribution is -2.71. The minimum atomic E-state index is -3.38. The average molecular weight is 908 g/mol. The summed E-state index contributed by atoms with van der Waals surface area (Å²) in [5, 5.41) is 154. The highest BCUT2D eigenvalue weighted by atomic mass is 17.1. The van der Waals surface area contributed by atoms with E-state index in [2.05, 4.69) is 20.8 Å². The van der Waals surface area contributed by atoms with Gasteiger partial charge in [-0.05, 0) is 0 Å². The van der Waals surface area contributed by atoms with Crippen molar-refractivity contribution in [3.63, 3.8) is 0 Å². The van der Waals surface area contributed by atoms with Crippen LogP contribution in [0.3, 0.4) is 0 Å². The van der Waals surface area contributed by atoms with Crippen LogP contribution in [0.2, 0.25) is 0 Å². The van der Waals surface area contributed by atoms with E-state index in [0.717, 1.165) is 20.8 Å². The third kappa shape index (κ3) is 11.4. The van der Waals surface area contributed by atoms with Crippen LogP contribution in [0.4, 0.5) is 0 Å². The number of amides is 3. The van der Waals surface area contributed by atoms with Crippen LogP contribution in [-0.2, 0) is 57.3 Å². The molecule has 0 unspecified atom stereocenters. The second-order valence-electron chi connectivity index (χ2n) is 14.9. The standard InChI is InChI=1S/C33H53N3O26/c1-10(40)34-19-13(43)4-31(55,28(49)50)59-26(19)23(47)17(8-38)58-33(30(53)54)6-16(62-56)21(36-12(3)42)27(61-33)24(48)18(9-39)57-32(29(51)52)5-14(44)20(35-11(2)41)25(60-32)22(46)15(45)7-37/h13-27,37-39,43-48,55-56H,4-9H2,1-3H3,(H,34,40)(H,35,41)(H,36,42)(H,49,50)(H,51,52)(H,53,54)/t13-,14-,15+,16-,17+,18+,19+,20+,21+,22+,23+,24+,25+,26+,27+,31-,32+,33+/m0/s1. The molecule has 0 aliphatic carbocycles. The second-order valence-corrected chi connectivity index (χ2v) is 14.9. The second kappa shape index (κ2) is 21.2. The molecular weight excluding hydrogens is 854 g/mol. The molecule has 0 bridgehead atoms. The van der Waals surface area contributed by atoms with Gasteiger partial charge in [0.25, 0.3) is 17.4 Å². The molecule has 0 saturated carbocycles. The summed E-state index contributed by atoms with van der Waals surface area (Å²) in [5.41, 5.74) is 0. The summed E-state index contributed by atoms with van der Waals surface area (Å²) < 4.78 is 27.4. The van der Waals surface area contributed by atoms with Crippen molar-refractivity contribution in [3.8, 4) is 0 Å². The molecule has 3 heterocycles. The summed E-state index contributed by atoms with van der Waals surface area (Å²) in [7, 11) is 0. The Morgan fingerprint density at radius 2 is 0.984 bits per heavy atom. The van der Waals surface area contributed by atoms with Gasteiger partial charge in [-0.2, -0.15) is 0 Å². The van der Waals surface area contributed by atoms with Crippen LogP contribution >= 0.6 is 0 Å². The summed E-state index contributed by atoms with van der Waals surface area (Å²) >= 11 is 0. The Balaban J connectivity index is 2.12. The fourth-order valence-electron chi connectivity index (χ4n) is 7.40. The number of rotatable bonds is 20. The van der Waals surface area contributed by atoms with Crippen LogP contribution in [0.5, 0.6) is 0 Å². The average Bonchev–Trinajstić information content (AvgIpc) is 3.19. The monoisotopic (exact) mass is 907 g/mol. The molecule has 3 fully saturated rings. The van der Waals surface area contributed by atoms with E-state index >= 15 is 0 Å². The molecule has 29 heteroatoms. The fourth-order valence-corrected chi connectivity index (χ4v) is 7.40. The van der Waals surface area contributed by atoms with Gasteiger partial charge in [-0.25, -0.2) is 19.3 Å². The first-order chi connectivity index (χ1) is 28.8. The third-order valence-electron chi connectivity index (χ3n) is 10.3. The minimum Gasteiger partial charge on any atom is -0.477 e. The topological polar surface area (TPSA) is 477 Å². The smallest absolute Gasteiger partial charge is 0.364 e. The van der Waals surface area contributed by atoms with Crippen molar-refractivity contribution in [2.75, 3.05) is 19.8 Å². The van der Waals surface area contributed by atoms with Crippen molar-refractivity contribution in [1.82, 2.24) is 16.0 Å². The fraction of sp³-hybridized carbons (Fsp3) is 0.818. The van der Waals surface area contributed by atoms with Crippen molar-refractivity contribution in [2.24, 2.45) is 0 Å². The van der Waals surface area contributed by atoms with Gasteiger partial charge in [-0.3, -0.25) is 19.6 Å². The predicted molar refractivity (Wildman–Crippen MR) is 189 cm³/mol. The number of nitrogens with one attached hydrogen (secondary N) is 3. The highest BCUT2D eigenvalue weighted by Crippen LogP contribution is 2.40. The maximum absolute atomic E-state index is 13.1. The van der Waals surface area contributed by atoms with Gasteiger partial charge in [0.05, 0.1) is 50.2 Å². The molecule has 0 spiro atoms. The Morgan fingerprint density at radius 1 is 0.597 bits per heavy atom. The summed E-state index contributed by atoms with van der Waals surface area (Å²) in [6.45, 7) is -1.27. The van der Waals surface area contributed by atoms with Crippen LogP contribution in [0.25, 0.3) is 0 Å². The lowest BCUT2D eigenvalue weighted by atomic mass is 9.86. The van der Waals surface area contributed by atoms with Gasteiger partial charge < -0.3 is 106 Å². The van der Waals surface area contributed by atoms with Gasteiger partial charge in [0.2, 0.25) is 17.7 Å². The molecule has 18 atom stereocenters. The first kappa shape index (κ1) is 52.5. The number of carbonyl (C=O) groups is 6. The number of hydrogen-bond acceptors (Lipinski definition) is 23. The van der Waals surface area contributed by atoms with E-state index in [1.807, 2.05) is 0 Å². The SMILES string of the molecule is CC(=O)N[C@H]1[C@H]([C@H](O)[C@@H](CO)O[C@]2(C(=O)O)C[C@H](O)[C@@H](NC(C)=O)[C@H]([C@H](O)[C@H](O)CO)O2)O[C@@](O[C@H](CO)[C@@H](O)[C@@H]2O[C@](O)(C(=O)O)C[C@H](O)[C@H]2NC(C)=O)(C(=O)O)C[C@@H]1OO. The van der Waals surface area contributed by atoms with E-state index in [-0.39, 0.29) is 0 Å². The predicted octanol–water partition coefficient (Wildman–Crippen LogP) is -9.03. The molecule has 3 amide bonds. The number of carboxylic acids is 3. The Morgan fingerprint density at radius 3 is 1.35 bits per heavy atom. The van der Waals surface area contributed by atoms with Crippen molar-refractivity contribution in [1.29, 1.82) is 0 Å². The van der Waals surface area contributed by atoms with E-state index in [9.17, 15) is 100 Å². The molecule has 3 aliphatic rings. The highest BCUT2D eigenvalue weighted by molar-refractivity contribution is 5.78. The lowest BCUT2D eigenvalue weighted by molar-refractivity contribution is -0.379. The van der Waals surface area contributed by atoms with Gasteiger partial charge in [-0.15, -0.1) is 0 Å². The Bertz CT molecular complexity index is 1610. The Kier molecular flexibility index (Phi) is 18.0. The molecule has 62 heavy (non-hydrogen) atoms. The summed E-state index contributed by atoms with van der Waals surface area (Å²) in [4.78, 5) is 78.5. The van der Waals surface area contributed by atoms with E-state index in [1.54, 1.807) is 0 Å². The zero-order chi connectivity index (χ0) is 47.2. The summed E-state index contributed by atoms with van der Waals surface area (Å²) in [6, 6.07) is -5.38. The zero-order valence-corrected chi connectivity index (χ0v) is 33.1. The molecule has 3 saturated heterocycles. The molecule has 0 aromatic rings. The molecule has 3 rings (SSSR count). The normalized spacial score (nSPS) is 36.8. The molecule has 356 valence electrons. The maximum Gasteiger partial charge on any atom is 0.364 e. The lowest BCUT2D eigenvalue weighted by Gasteiger charge is -2.50. The summed E-state index contributed by atoms with van der Waals surface area (Å²) in [5.74, 6) is -19.0. The zero-order valence-electron chi connectivity index (χ0n) is 33.1. The number of aliphatic carboxylic acids is 3. The maximum atomic E-state index is 13.1. The minimum absolute atomic E-state index is 0.849. The van der Waals surface area contributed by atoms with Crippen LogP contribution in [0, 0.1) is 0 Å². The molecule has 0 aromatic heterocycles. The molecule has 3 aliphatic heterocycles. The van der Waals surface area contributed by atoms with Crippen LogP contribution in [0.1, 0.15) is 40.0 Å². The number of ether oxygens (including phenoxy) is 5. The molecule has 17 N–H and O–H groups in total. The van der Waals surface area contributed by atoms with Crippen LogP contribution < -0.4 is 16.0 Å². The van der Waals surface area contributed by atoms with E-state index in [0.29, 0.717) is 0 Å². The van der Waals surface area contributed by atoms with E-state index in [1.165, 1.54) is 0 Å². The molecule has 0 aromatic carbocycles. The van der Waals surface area contributed by atoms with Gasteiger partial charge in [0.15, 0.2) is 0 Å². The van der Waals surface area contributed by atoms with Gasteiger partial charge in [0, 0.05) is 40.0 Å². The molecule has 0 radical (unpaired) electrons. The third-order valence-corrected chi connectivity index (χ3v) is 10.3. The van der Waals surface area contributed by atoms with Crippen LogP contribution in [-0.4, -0.2) is 236 Å². The van der Waals surface area contributed by atoms with Gasteiger partial charge in [0.1, 0.15) is 61.0 Å². The number of hydrogen-bond donors (Lipinski definition) is 17. The molecule has 29 nitrogen and oxygen atoms in total. The number of carbonyl (C=O) groups excluding carboxylic acids is 3. The Labute approximate surface area is 349 Å². The van der Waals surface area contributed by atoms with Crippen molar-refractivity contribution in [3.05, 3.63) is 0 Å². The van der Waals surface area contributed by atoms with Crippen molar-refractivity contribution >= 4 is 35.6 Å². The van der Waals surface area contributed by atoms with Crippen molar-refractivity contribution < 1.29 is 129 Å².